The summed E-state index contributed by atoms with van der Waals surface area (Å²) in [5.74, 6) is 3.47. The van der Waals surface area contributed by atoms with Crippen LogP contribution in [0.25, 0.3) is 0 Å². The number of oxime groups is 1. The standard InChI is InChI=1S/C23H37NO3/c1-14(24-26)19-7-8-20-18-6-5-16-13-17(27-15(2)25)9-11-22(16,3)21(18)10-12-23(19,20)4/h16-21,26H,5-13H2,1-4H3/b24-14+/t16-,17-,18+,19-,20+,21+,22-,23+/m0/s1. The molecule has 4 saturated carbocycles. The van der Waals surface area contributed by atoms with Crippen LogP contribution in [-0.4, -0.2) is 23.0 Å². The van der Waals surface area contributed by atoms with E-state index in [4.69, 9.17) is 4.74 Å². The summed E-state index contributed by atoms with van der Waals surface area (Å²) in [6.45, 7) is 8.58. The van der Waals surface area contributed by atoms with Gasteiger partial charge in [-0.1, -0.05) is 19.0 Å². The predicted molar refractivity (Wildman–Crippen MR) is 106 cm³/mol. The maximum atomic E-state index is 11.4. The molecule has 152 valence electrons. The van der Waals surface area contributed by atoms with Crippen LogP contribution in [0.4, 0.5) is 0 Å². The van der Waals surface area contributed by atoms with E-state index in [-0.39, 0.29) is 12.1 Å². The Bertz CT molecular complexity index is 631. The van der Waals surface area contributed by atoms with Gasteiger partial charge in [0.2, 0.25) is 0 Å². The first kappa shape index (κ1) is 19.3. The van der Waals surface area contributed by atoms with E-state index < -0.39 is 0 Å². The van der Waals surface area contributed by atoms with Gasteiger partial charge >= 0.3 is 5.97 Å². The zero-order valence-electron chi connectivity index (χ0n) is 17.5. The summed E-state index contributed by atoms with van der Waals surface area (Å²) in [6.07, 6.45) is 11.2. The lowest BCUT2D eigenvalue weighted by Crippen LogP contribution is -2.54. The van der Waals surface area contributed by atoms with E-state index in [2.05, 4.69) is 19.0 Å². The maximum absolute atomic E-state index is 11.4. The lowest BCUT2D eigenvalue weighted by Gasteiger charge is -2.61. The van der Waals surface area contributed by atoms with Crippen molar-refractivity contribution >= 4 is 11.7 Å². The minimum absolute atomic E-state index is 0.122. The smallest absolute Gasteiger partial charge is 0.302 e. The second kappa shape index (κ2) is 6.77. The van der Waals surface area contributed by atoms with Crippen molar-refractivity contribution in [1.29, 1.82) is 0 Å². The van der Waals surface area contributed by atoms with E-state index in [1.54, 1.807) is 6.92 Å². The van der Waals surface area contributed by atoms with Crippen LogP contribution in [0.3, 0.4) is 0 Å². The van der Waals surface area contributed by atoms with Crippen LogP contribution in [0.15, 0.2) is 5.16 Å². The van der Waals surface area contributed by atoms with Crippen molar-refractivity contribution in [1.82, 2.24) is 0 Å². The van der Waals surface area contributed by atoms with Crippen molar-refractivity contribution in [2.45, 2.75) is 91.6 Å². The van der Waals surface area contributed by atoms with Crippen LogP contribution >= 0.6 is 0 Å². The highest BCUT2D eigenvalue weighted by molar-refractivity contribution is 5.84. The maximum Gasteiger partial charge on any atom is 0.302 e. The quantitative estimate of drug-likeness (QED) is 0.303. The molecule has 4 rings (SSSR count). The zero-order chi connectivity index (χ0) is 19.4. The average molecular weight is 376 g/mol. The Kier molecular flexibility index (Phi) is 4.83. The van der Waals surface area contributed by atoms with E-state index in [9.17, 15) is 10.0 Å². The molecule has 0 spiro atoms. The molecule has 0 unspecified atom stereocenters. The van der Waals surface area contributed by atoms with Gasteiger partial charge in [0.15, 0.2) is 0 Å². The first-order valence-corrected chi connectivity index (χ1v) is 11.2. The van der Waals surface area contributed by atoms with Crippen LogP contribution in [0, 0.1) is 40.4 Å². The van der Waals surface area contributed by atoms with E-state index >= 15 is 0 Å². The molecule has 1 N–H and O–H groups in total. The Hall–Kier alpha value is -1.06. The number of carbonyl (C=O) groups is 1. The molecule has 0 aliphatic heterocycles. The third-order valence-corrected chi connectivity index (χ3v) is 9.61. The Morgan fingerprint density at radius 1 is 0.963 bits per heavy atom. The SMILES string of the molecule is CC(=O)O[C@H]1CC[C@@]2(C)[C@@H](CC[C@H]3[C@H]2CC[C@@]2(C)[C@@H]3CC[C@H]2/C(C)=N/O)C1. The van der Waals surface area contributed by atoms with E-state index in [1.807, 2.05) is 6.92 Å². The van der Waals surface area contributed by atoms with Gasteiger partial charge in [0.25, 0.3) is 0 Å². The third-order valence-electron chi connectivity index (χ3n) is 9.61. The number of rotatable bonds is 2. The lowest BCUT2D eigenvalue weighted by atomic mass is 9.44. The minimum Gasteiger partial charge on any atom is -0.463 e. The molecule has 0 amide bonds. The van der Waals surface area contributed by atoms with Gasteiger partial charge in [0, 0.05) is 12.8 Å². The van der Waals surface area contributed by atoms with E-state index in [1.165, 1.54) is 44.9 Å². The Labute approximate surface area is 164 Å². The third kappa shape index (κ3) is 2.93. The molecule has 8 atom stereocenters. The van der Waals surface area contributed by atoms with Crippen molar-refractivity contribution < 1.29 is 14.7 Å². The van der Waals surface area contributed by atoms with Crippen molar-refractivity contribution in [3.63, 3.8) is 0 Å². The highest BCUT2D eigenvalue weighted by Crippen LogP contribution is 2.67. The van der Waals surface area contributed by atoms with Gasteiger partial charge in [-0.05, 0) is 99.2 Å². The van der Waals surface area contributed by atoms with Gasteiger partial charge in [0.05, 0.1) is 5.71 Å². The van der Waals surface area contributed by atoms with Crippen LogP contribution in [0.2, 0.25) is 0 Å². The normalized spacial score (nSPS) is 49.7. The summed E-state index contributed by atoms with van der Waals surface area (Å²) in [5.41, 5.74) is 1.68. The molecular formula is C23H37NO3. The van der Waals surface area contributed by atoms with Crippen molar-refractivity contribution in [2.75, 3.05) is 0 Å². The highest BCUT2D eigenvalue weighted by Gasteiger charge is 2.60. The van der Waals surface area contributed by atoms with Crippen LogP contribution < -0.4 is 0 Å². The summed E-state index contributed by atoms with van der Waals surface area (Å²) >= 11 is 0. The molecule has 4 aliphatic carbocycles. The molecule has 0 bridgehead atoms. The van der Waals surface area contributed by atoms with Gasteiger partial charge < -0.3 is 9.94 Å². The summed E-state index contributed by atoms with van der Waals surface area (Å²) < 4.78 is 5.58. The Morgan fingerprint density at radius 3 is 2.37 bits per heavy atom. The number of nitrogens with zero attached hydrogens (tertiary/aromatic N) is 1. The monoisotopic (exact) mass is 375 g/mol. The fourth-order valence-corrected chi connectivity index (χ4v) is 8.32. The highest BCUT2D eigenvalue weighted by atomic mass is 16.5. The number of carbonyl (C=O) groups excluding carboxylic acids is 1. The van der Waals surface area contributed by atoms with Gasteiger partial charge in [-0.2, -0.15) is 0 Å². The molecule has 27 heavy (non-hydrogen) atoms. The Balaban J connectivity index is 1.54. The summed E-state index contributed by atoms with van der Waals surface area (Å²) in [5, 5.41) is 13.0. The van der Waals surface area contributed by atoms with Gasteiger partial charge in [-0.3, -0.25) is 4.79 Å². The number of esters is 1. The van der Waals surface area contributed by atoms with Gasteiger partial charge in [-0.25, -0.2) is 0 Å². The van der Waals surface area contributed by atoms with Crippen LogP contribution in [0.5, 0.6) is 0 Å². The van der Waals surface area contributed by atoms with E-state index in [0.717, 1.165) is 36.3 Å². The predicted octanol–water partition coefficient (Wildman–Crippen LogP) is 5.43. The average Bonchev–Trinajstić information content (AvgIpc) is 2.98. The summed E-state index contributed by atoms with van der Waals surface area (Å²) in [7, 11) is 0. The van der Waals surface area contributed by atoms with E-state index in [0.29, 0.717) is 22.7 Å². The molecule has 4 nitrogen and oxygen atoms in total. The van der Waals surface area contributed by atoms with Gasteiger partial charge in [0.1, 0.15) is 6.10 Å². The zero-order valence-corrected chi connectivity index (χ0v) is 17.5. The summed E-state index contributed by atoms with van der Waals surface area (Å²) in [4.78, 5) is 11.4. The largest absolute Gasteiger partial charge is 0.463 e. The molecule has 4 fully saturated rings. The van der Waals surface area contributed by atoms with Crippen molar-refractivity contribution in [2.24, 2.45) is 45.6 Å². The number of fused-ring (bicyclic) bond motifs is 5. The fourth-order valence-electron chi connectivity index (χ4n) is 8.32. The molecule has 0 aromatic heterocycles. The number of hydrogen-bond acceptors (Lipinski definition) is 4. The first-order valence-electron chi connectivity index (χ1n) is 11.2. The summed E-state index contributed by atoms with van der Waals surface area (Å²) in [6, 6.07) is 0. The number of ether oxygens (including phenoxy) is 1. The molecule has 0 aromatic carbocycles. The molecular weight excluding hydrogens is 338 g/mol. The molecule has 0 radical (unpaired) electrons. The molecule has 0 aromatic rings. The van der Waals surface area contributed by atoms with Crippen molar-refractivity contribution in [3.8, 4) is 0 Å². The van der Waals surface area contributed by atoms with Crippen LogP contribution in [0.1, 0.15) is 85.5 Å². The fraction of sp³-hybridized carbons (Fsp3) is 0.913. The first-order chi connectivity index (χ1) is 12.8. The van der Waals surface area contributed by atoms with Crippen LogP contribution in [-0.2, 0) is 9.53 Å². The second-order valence-electron chi connectivity index (χ2n) is 10.6. The molecule has 4 heteroatoms. The molecule has 4 aliphatic rings. The minimum atomic E-state index is -0.122. The lowest BCUT2D eigenvalue weighted by molar-refractivity contribution is -0.159. The number of hydrogen-bond donors (Lipinski definition) is 1. The topological polar surface area (TPSA) is 58.9 Å². The Morgan fingerprint density at radius 2 is 1.67 bits per heavy atom. The van der Waals surface area contributed by atoms with Gasteiger partial charge in [-0.15, -0.1) is 0 Å². The van der Waals surface area contributed by atoms with Crippen molar-refractivity contribution in [3.05, 3.63) is 0 Å². The molecule has 0 saturated heterocycles. The second-order valence-corrected chi connectivity index (χ2v) is 10.6. The molecule has 0 heterocycles.